The second kappa shape index (κ2) is 12.3. The number of carbonyl (C=O) groups is 1. The number of benzene rings is 2. The molecule has 2 aromatic heterocycles. The van der Waals surface area contributed by atoms with E-state index in [1.54, 1.807) is 57.0 Å². The number of hydrogen-bond donors (Lipinski definition) is 0. The van der Waals surface area contributed by atoms with Crippen LogP contribution >= 0.6 is 11.3 Å². The zero-order valence-corrected chi connectivity index (χ0v) is 22.2. The molecule has 9 nitrogen and oxygen atoms in total. The largest absolute Gasteiger partial charge is 0.493 e. The van der Waals surface area contributed by atoms with Crippen molar-refractivity contribution in [3.8, 4) is 23.0 Å². The molecule has 0 unspecified atom stereocenters. The van der Waals surface area contributed by atoms with Crippen molar-refractivity contribution in [2.24, 2.45) is 0 Å². The van der Waals surface area contributed by atoms with Crippen molar-refractivity contribution in [3.63, 3.8) is 0 Å². The lowest BCUT2D eigenvalue weighted by molar-refractivity contribution is -0.114. The standard InChI is InChI=1S/C27H30N4O5S/c1-5-36-20-8-6-9-23-25(20)29-27(37-23)31(14-7-13-30-15-12-28-18-30)24(32)11-10-19-16-21(33-2)26(35-4)22(17-19)34-3/h6,8-12,15-18H,5,7,13-14H2,1-4H3/b11-10+. The van der Waals surface area contributed by atoms with E-state index in [0.717, 1.165) is 28.7 Å². The van der Waals surface area contributed by atoms with E-state index in [9.17, 15) is 4.79 Å². The van der Waals surface area contributed by atoms with Crippen molar-refractivity contribution in [2.45, 2.75) is 19.9 Å². The van der Waals surface area contributed by atoms with E-state index in [-0.39, 0.29) is 5.91 Å². The highest BCUT2D eigenvalue weighted by Crippen LogP contribution is 2.39. The molecule has 0 fully saturated rings. The van der Waals surface area contributed by atoms with Crippen LogP contribution in [-0.4, -0.2) is 54.9 Å². The van der Waals surface area contributed by atoms with Gasteiger partial charge in [0, 0.05) is 31.6 Å². The molecule has 0 aliphatic rings. The lowest BCUT2D eigenvalue weighted by Crippen LogP contribution is -2.30. The predicted octanol–water partition coefficient (Wildman–Crippen LogP) is 5.05. The number of rotatable bonds is 12. The predicted molar refractivity (Wildman–Crippen MR) is 145 cm³/mol. The molecule has 37 heavy (non-hydrogen) atoms. The summed E-state index contributed by atoms with van der Waals surface area (Å²) < 4.78 is 25.0. The number of aromatic nitrogens is 3. The lowest BCUT2D eigenvalue weighted by Gasteiger charge is -2.18. The number of aryl methyl sites for hydroxylation is 1. The van der Waals surface area contributed by atoms with Crippen molar-refractivity contribution in [1.29, 1.82) is 0 Å². The fraction of sp³-hybridized carbons (Fsp3) is 0.296. The molecule has 0 aliphatic heterocycles. The van der Waals surface area contributed by atoms with Gasteiger partial charge in [-0.25, -0.2) is 9.97 Å². The Kier molecular flexibility index (Phi) is 8.63. The number of ether oxygens (including phenoxy) is 4. The summed E-state index contributed by atoms with van der Waals surface area (Å²) in [7, 11) is 4.67. The van der Waals surface area contributed by atoms with Crippen molar-refractivity contribution in [1.82, 2.24) is 14.5 Å². The van der Waals surface area contributed by atoms with Crippen LogP contribution in [0.4, 0.5) is 5.13 Å². The van der Waals surface area contributed by atoms with Crippen LogP contribution in [0.3, 0.4) is 0 Å². The van der Waals surface area contributed by atoms with E-state index >= 15 is 0 Å². The van der Waals surface area contributed by atoms with Gasteiger partial charge in [0.15, 0.2) is 16.6 Å². The van der Waals surface area contributed by atoms with Crippen LogP contribution in [0.2, 0.25) is 0 Å². The molecule has 4 aromatic rings. The molecule has 0 N–H and O–H groups in total. The lowest BCUT2D eigenvalue weighted by atomic mass is 10.1. The van der Waals surface area contributed by atoms with Crippen LogP contribution in [0.5, 0.6) is 23.0 Å². The number of fused-ring (bicyclic) bond motifs is 1. The summed E-state index contributed by atoms with van der Waals surface area (Å²) in [6.45, 7) is 3.69. The van der Waals surface area contributed by atoms with Crippen molar-refractivity contribution in [2.75, 3.05) is 39.4 Å². The van der Waals surface area contributed by atoms with E-state index < -0.39 is 0 Å². The monoisotopic (exact) mass is 522 g/mol. The molecule has 0 spiro atoms. The number of carbonyl (C=O) groups excluding carboxylic acids is 1. The molecular weight excluding hydrogens is 492 g/mol. The molecule has 0 saturated heterocycles. The molecule has 2 aromatic carbocycles. The van der Waals surface area contributed by atoms with E-state index in [1.165, 1.54) is 17.4 Å². The Morgan fingerprint density at radius 1 is 1.11 bits per heavy atom. The Morgan fingerprint density at radius 2 is 1.89 bits per heavy atom. The van der Waals surface area contributed by atoms with Gasteiger partial charge in [0.1, 0.15) is 11.3 Å². The Balaban J connectivity index is 1.63. The van der Waals surface area contributed by atoms with Crippen LogP contribution in [-0.2, 0) is 11.3 Å². The van der Waals surface area contributed by atoms with Crippen LogP contribution < -0.4 is 23.8 Å². The molecule has 10 heteroatoms. The average Bonchev–Trinajstić information content (AvgIpc) is 3.59. The van der Waals surface area contributed by atoms with Gasteiger partial charge >= 0.3 is 0 Å². The van der Waals surface area contributed by atoms with Crippen molar-refractivity contribution in [3.05, 3.63) is 60.7 Å². The van der Waals surface area contributed by atoms with Crippen LogP contribution in [0.25, 0.3) is 16.3 Å². The topological polar surface area (TPSA) is 87.9 Å². The Bertz CT molecular complexity index is 1340. The molecular formula is C27H30N4O5S. The zero-order chi connectivity index (χ0) is 26.2. The summed E-state index contributed by atoms with van der Waals surface area (Å²) in [5.74, 6) is 2.05. The molecule has 0 bridgehead atoms. The van der Waals surface area contributed by atoms with Gasteiger partial charge < -0.3 is 23.5 Å². The summed E-state index contributed by atoms with van der Waals surface area (Å²) in [6, 6.07) is 9.40. The summed E-state index contributed by atoms with van der Waals surface area (Å²) in [6.07, 6.45) is 9.41. The summed E-state index contributed by atoms with van der Waals surface area (Å²) >= 11 is 1.46. The smallest absolute Gasteiger partial charge is 0.252 e. The molecule has 4 rings (SSSR count). The van der Waals surface area contributed by atoms with Crippen molar-refractivity contribution < 1.29 is 23.7 Å². The third-order valence-corrected chi connectivity index (χ3v) is 6.67. The third kappa shape index (κ3) is 6.03. The Morgan fingerprint density at radius 3 is 2.54 bits per heavy atom. The highest BCUT2D eigenvalue weighted by molar-refractivity contribution is 7.22. The van der Waals surface area contributed by atoms with Gasteiger partial charge in [-0.1, -0.05) is 17.4 Å². The molecule has 0 saturated carbocycles. The number of nitrogens with zero attached hydrogens (tertiary/aromatic N) is 4. The fourth-order valence-electron chi connectivity index (χ4n) is 3.88. The second-order valence-electron chi connectivity index (χ2n) is 7.97. The third-order valence-electron chi connectivity index (χ3n) is 5.63. The summed E-state index contributed by atoms with van der Waals surface area (Å²) in [5.41, 5.74) is 1.49. The molecule has 0 radical (unpaired) electrons. The zero-order valence-electron chi connectivity index (χ0n) is 21.3. The van der Waals surface area contributed by atoms with Gasteiger partial charge in [0.05, 0.1) is 39.0 Å². The minimum Gasteiger partial charge on any atom is -0.493 e. The van der Waals surface area contributed by atoms with E-state index in [1.807, 2.05) is 35.9 Å². The van der Waals surface area contributed by atoms with Crippen molar-refractivity contribution >= 4 is 38.7 Å². The second-order valence-corrected chi connectivity index (χ2v) is 8.98. The fourth-order valence-corrected chi connectivity index (χ4v) is 4.90. The van der Waals surface area contributed by atoms with Crippen LogP contribution in [0, 0.1) is 0 Å². The Hall–Kier alpha value is -4.05. The Labute approximate surface area is 219 Å². The number of methoxy groups -OCH3 is 3. The maximum absolute atomic E-state index is 13.5. The van der Waals surface area contributed by atoms with Gasteiger partial charge in [-0.05, 0) is 49.2 Å². The molecule has 194 valence electrons. The average molecular weight is 523 g/mol. The number of hydrogen-bond acceptors (Lipinski definition) is 8. The number of anilines is 1. The summed E-state index contributed by atoms with van der Waals surface area (Å²) in [4.78, 5) is 24.1. The first kappa shape index (κ1) is 26.0. The minimum absolute atomic E-state index is 0.184. The first-order valence-corrected chi connectivity index (χ1v) is 12.7. The molecule has 0 aliphatic carbocycles. The van der Waals surface area contributed by atoms with E-state index in [4.69, 9.17) is 23.9 Å². The first-order chi connectivity index (χ1) is 18.1. The SMILES string of the molecule is CCOc1cccc2sc(N(CCCn3ccnc3)C(=O)/C=C/c3cc(OC)c(OC)c(OC)c3)nc12. The van der Waals surface area contributed by atoms with Crippen LogP contribution in [0.15, 0.2) is 55.1 Å². The van der Waals surface area contributed by atoms with Gasteiger partial charge in [-0.3, -0.25) is 9.69 Å². The normalized spacial score (nSPS) is 11.1. The van der Waals surface area contributed by atoms with E-state index in [0.29, 0.717) is 41.3 Å². The maximum atomic E-state index is 13.5. The van der Waals surface area contributed by atoms with Gasteiger partial charge in [-0.2, -0.15) is 0 Å². The van der Waals surface area contributed by atoms with Gasteiger partial charge in [0.2, 0.25) is 5.75 Å². The summed E-state index contributed by atoms with van der Waals surface area (Å²) in [5, 5.41) is 0.618. The van der Waals surface area contributed by atoms with Crippen LogP contribution in [0.1, 0.15) is 18.9 Å². The van der Waals surface area contributed by atoms with Gasteiger partial charge in [-0.15, -0.1) is 0 Å². The van der Waals surface area contributed by atoms with Gasteiger partial charge in [0.25, 0.3) is 5.91 Å². The highest BCUT2D eigenvalue weighted by atomic mass is 32.1. The maximum Gasteiger partial charge on any atom is 0.252 e. The number of thiazole rings is 1. The number of amides is 1. The van der Waals surface area contributed by atoms with E-state index in [2.05, 4.69) is 4.98 Å². The minimum atomic E-state index is -0.184. The number of para-hydroxylation sites is 1. The highest BCUT2D eigenvalue weighted by Gasteiger charge is 2.20. The quantitative estimate of drug-likeness (QED) is 0.241. The molecule has 2 heterocycles. The molecule has 1 amide bonds. The molecule has 0 atom stereocenters. The number of imidazole rings is 1. The first-order valence-electron chi connectivity index (χ1n) is 11.9.